The molecule has 5 atom stereocenters. The highest BCUT2D eigenvalue weighted by atomic mass is 31.2. The van der Waals surface area contributed by atoms with Crippen LogP contribution in [-0.4, -0.2) is 70.8 Å². The number of alkyl halides is 1. The Morgan fingerprint density at radius 3 is 2.53 bits per heavy atom. The van der Waals surface area contributed by atoms with Gasteiger partial charge >= 0.3 is 5.69 Å². The van der Waals surface area contributed by atoms with Crippen LogP contribution in [0, 0.1) is 5.92 Å². The first-order valence-corrected chi connectivity index (χ1v) is 12.3. The van der Waals surface area contributed by atoms with Gasteiger partial charge in [-0.15, -0.1) is 0 Å². The number of halogens is 1. The van der Waals surface area contributed by atoms with Crippen LogP contribution in [0.3, 0.4) is 0 Å². The van der Waals surface area contributed by atoms with Crippen LogP contribution in [0.2, 0.25) is 0 Å². The van der Waals surface area contributed by atoms with Gasteiger partial charge in [-0.25, -0.2) is 13.9 Å². The first kappa shape index (κ1) is 27.1. The van der Waals surface area contributed by atoms with E-state index in [-0.39, 0.29) is 36.6 Å². The molecule has 2 N–H and O–H groups in total. The maximum atomic E-state index is 15.6. The smallest absolute Gasteiger partial charge is 0.351 e. The van der Waals surface area contributed by atoms with E-state index in [0.29, 0.717) is 6.61 Å². The molecule has 12 heteroatoms. The third kappa shape index (κ3) is 8.32. The van der Waals surface area contributed by atoms with Gasteiger partial charge in [-0.3, -0.25) is 9.36 Å². The first-order valence-electron chi connectivity index (χ1n) is 12.3. The molecule has 0 aromatic carbocycles. The van der Waals surface area contributed by atoms with Crippen LogP contribution in [0.15, 0.2) is 17.1 Å². The van der Waals surface area contributed by atoms with E-state index in [1.807, 2.05) is 41.5 Å². The molecule has 0 aliphatic carbocycles. The minimum atomic E-state index is -1.72. The number of hydrogen-bond acceptors (Lipinski definition) is 8. The molecular formula is C22H40FN4O6P. The average Bonchev–Trinajstić information content (AvgIpc) is 3.07. The minimum Gasteiger partial charge on any atom is -0.400 e. The predicted molar refractivity (Wildman–Crippen MR) is 130 cm³/mol. The summed E-state index contributed by atoms with van der Waals surface area (Å²) >= 11 is 0. The van der Waals surface area contributed by atoms with Crippen LogP contribution >= 0.6 is 8.53 Å². The van der Waals surface area contributed by atoms with E-state index in [2.05, 4.69) is 20.1 Å². The second kappa shape index (κ2) is 14.2. The van der Waals surface area contributed by atoms with E-state index >= 15 is 4.39 Å². The number of ether oxygens (including phenoxy) is 1. The number of carbonyl (C=O) groups is 1. The van der Waals surface area contributed by atoms with E-state index in [9.17, 15) is 9.59 Å². The molecule has 0 saturated carbocycles. The van der Waals surface area contributed by atoms with E-state index in [4.69, 9.17) is 16.6 Å². The normalized spacial score (nSPS) is 24.1. The maximum absolute atomic E-state index is 15.6. The molecule has 2 heterocycles. The lowest BCUT2D eigenvalue weighted by Crippen LogP contribution is -2.38. The summed E-state index contributed by atoms with van der Waals surface area (Å²) in [4.78, 5) is 27.4. The lowest BCUT2D eigenvalue weighted by atomic mass is 10.2. The standard InChI is InChI=1S/C21H36FN4O5P.CH4O/c1-12(2)11-29-32(26(13(3)4)14(5)6)31-19-15(7)30-20(18(19)22)25-10-9-17(23-16(8)27)24-21(25)28;1-2/h9-10,12-15,18-20H,11H2,1-8H3,(H,23,24,27,28);2H,1H3/i7D;2T. The van der Waals surface area contributed by atoms with Crippen molar-refractivity contribution in [2.24, 2.45) is 5.92 Å². The summed E-state index contributed by atoms with van der Waals surface area (Å²) < 4.78 is 50.3. The summed E-state index contributed by atoms with van der Waals surface area (Å²) in [5.41, 5.74) is -0.775. The van der Waals surface area contributed by atoms with Gasteiger partial charge in [0.1, 0.15) is 11.9 Å². The number of rotatable bonds is 10. The molecule has 196 valence electrons. The number of nitrogens with one attached hydrogen (secondary N) is 1. The van der Waals surface area contributed by atoms with Gasteiger partial charge < -0.3 is 24.2 Å². The van der Waals surface area contributed by atoms with E-state index in [1.165, 1.54) is 26.3 Å². The largest absolute Gasteiger partial charge is 0.400 e. The number of aliphatic hydroxyl groups excluding tert-OH is 1. The van der Waals surface area contributed by atoms with Crippen LogP contribution in [0.25, 0.3) is 0 Å². The molecule has 1 saturated heterocycles. The lowest BCUT2D eigenvalue weighted by molar-refractivity contribution is -0.114. The zero-order valence-electron chi connectivity index (χ0n) is 23.2. The zero-order chi connectivity index (χ0) is 27.6. The predicted octanol–water partition coefficient (Wildman–Crippen LogP) is 3.47. The van der Waals surface area contributed by atoms with Crippen LogP contribution < -0.4 is 11.0 Å². The molecule has 1 amide bonds. The Morgan fingerprint density at radius 1 is 1.44 bits per heavy atom. The Hall–Kier alpha value is -1.49. The molecule has 1 aliphatic rings. The molecule has 1 aromatic rings. The highest BCUT2D eigenvalue weighted by Crippen LogP contribution is 2.50. The number of amides is 1. The summed E-state index contributed by atoms with van der Waals surface area (Å²) in [7, 11) is -0.345. The van der Waals surface area contributed by atoms with Gasteiger partial charge in [0, 0.05) is 33.7 Å². The SMILES string of the molecule is [2H]CC1OC(n2ccc(NC(C)=O)nc2=O)C(F)C1OP(OCC(C)C)N(C(C)C)C(C)C.[3H]OC. The lowest BCUT2D eigenvalue weighted by Gasteiger charge is -2.37. The molecular weight excluding hydrogens is 466 g/mol. The minimum absolute atomic E-state index is 0.0668. The van der Waals surface area contributed by atoms with Gasteiger partial charge in [0.15, 0.2) is 12.4 Å². The second-order valence-corrected chi connectivity index (χ2v) is 10.2. The van der Waals surface area contributed by atoms with E-state index in [0.717, 1.165) is 4.57 Å². The van der Waals surface area contributed by atoms with Crippen LogP contribution in [0.1, 0.15) is 63.0 Å². The average molecular weight is 510 g/mol. The van der Waals surface area contributed by atoms with Gasteiger partial charge in [-0.2, -0.15) is 4.98 Å². The monoisotopic (exact) mass is 509 g/mol. The van der Waals surface area contributed by atoms with Gasteiger partial charge in [0.2, 0.25) is 7.34 Å². The molecule has 0 spiro atoms. The summed E-state index contributed by atoms with van der Waals surface area (Å²) in [6.45, 7) is 13.6. The summed E-state index contributed by atoms with van der Waals surface area (Å²) in [6.07, 6.45) is -3.69. The quantitative estimate of drug-likeness (QED) is 0.461. The molecule has 34 heavy (non-hydrogen) atoms. The Bertz CT molecular complexity index is 858. The van der Waals surface area contributed by atoms with Crippen molar-refractivity contribution < 1.29 is 29.4 Å². The van der Waals surface area contributed by atoms with Crippen molar-refractivity contribution >= 4 is 20.3 Å². The fourth-order valence-electron chi connectivity index (χ4n) is 3.34. The maximum Gasteiger partial charge on any atom is 0.351 e. The number of aromatic nitrogens is 2. The molecule has 1 fully saturated rings. The highest BCUT2D eigenvalue weighted by Gasteiger charge is 2.48. The Labute approximate surface area is 205 Å². The highest BCUT2D eigenvalue weighted by molar-refractivity contribution is 7.44. The molecule has 0 radical (unpaired) electrons. The summed E-state index contributed by atoms with van der Waals surface area (Å²) in [6, 6.07) is 1.56. The van der Waals surface area contributed by atoms with Crippen LogP contribution in [0.5, 0.6) is 0 Å². The zero-order valence-corrected chi connectivity index (χ0v) is 22.1. The first-order chi connectivity index (χ1) is 16.9. The second-order valence-electron chi connectivity index (χ2n) is 8.76. The van der Waals surface area contributed by atoms with Gasteiger partial charge in [-0.1, -0.05) is 13.8 Å². The van der Waals surface area contributed by atoms with E-state index in [1.54, 1.807) is 0 Å². The Balaban J connectivity index is 0.00000205. The Morgan fingerprint density at radius 2 is 2.06 bits per heavy atom. The van der Waals surface area contributed by atoms with Crippen molar-refractivity contribution in [3.63, 3.8) is 0 Å². The van der Waals surface area contributed by atoms with Gasteiger partial charge in [0.25, 0.3) is 8.53 Å². The van der Waals surface area contributed by atoms with Crippen molar-refractivity contribution in [3.8, 4) is 0 Å². The molecule has 10 nitrogen and oxygen atoms in total. The van der Waals surface area contributed by atoms with Gasteiger partial charge in [0.05, 0.1) is 12.7 Å². The number of aliphatic hydroxyl groups is 1. The molecule has 1 aliphatic heterocycles. The number of carbonyl (C=O) groups excluding carboxylic acids is 1. The topological polar surface area (TPSA) is 115 Å². The van der Waals surface area contributed by atoms with Crippen LogP contribution in [0.4, 0.5) is 10.2 Å². The number of hydrogen-bond donors (Lipinski definition) is 2. The van der Waals surface area contributed by atoms with Crippen molar-refractivity contribution in [2.75, 3.05) is 19.0 Å². The summed E-state index contributed by atoms with van der Waals surface area (Å²) in [5.74, 6) is -0.0538. The number of anilines is 1. The van der Waals surface area contributed by atoms with E-state index < -0.39 is 38.8 Å². The van der Waals surface area contributed by atoms with Crippen LogP contribution in [-0.2, 0) is 18.6 Å². The number of nitrogens with zero attached hydrogens (tertiary/aromatic N) is 3. The van der Waals surface area contributed by atoms with Gasteiger partial charge in [-0.05, 0) is 46.6 Å². The Kier molecular flexibility index (Phi) is 11.3. The third-order valence-corrected chi connectivity index (χ3v) is 6.75. The van der Waals surface area contributed by atoms with Crippen molar-refractivity contribution in [2.45, 2.75) is 92.1 Å². The van der Waals surface area contributed by atoms with Crippen molar-refractivity contribution in [3.05, 3.63) is 22.7 Å². The summed E-state index contributed by atoms with van der Waals surface area (Å²) in [5, 5.41) is 5.91. The molecule has 0 bridgehead atoms. The van der Waals surface area contributed by atoms with Crippen molar-refractivity contribution in [1.82, 2.24) is 14.2 Å². The fraction of sp³-hybridized carbons (Fsp3) is 0.773. The molecule has 2 rings (SSSR count). The fourth-order valence-corrected chi connectivity index (χ4v) is 5.29. The molecule has 5 unspecified atom stereocenters. The molecule has 1 aromatic heterocycles. The van der Waals surface area contributed by atoms with Crippen molar-refractivity contribution in [1.29, 1.82) is 1.43 Å². The third-order valence-electron chi connectivity index (χ3n) is 4.65.